The summed E-state index contributed by atoms with van der Waals surface area (Å²) in [4.78, 5) is -0.417. The predicted molar refractivity (Wildman–Crippen MR) is 120 cm³/mol. The van der Waals surface area contributed by atoms with Gasteiger partial charge in [0.15, 0.2) is 0 Å². The zero-order chi connectivity index (χ0) is 24.3. The van der Waals surface area contributed by atoms with E-state index in [1.165, 1.54) is 24.3 Å². The van der Waals surface area contributed by atoms with Crippen molar-refractivity contribution in [3.8, 4) is 0 Å². The molecule has 10 heteroatoms. The van der Waals surface area contributed by atoms with E-state index in [4.69, 9.17) is 5.10 Å². The number of nitrogens with zero attached hydrogens (tertiary/aromatic N) is 2. The van der Waals surface area contributed by atoms with Crippen molar-refractivity contribution in [1.82, 2.24) is 0 Å². The summed E-state index contributed by atoms with van der Waals surface area (Å²) < 4.78 is 79.2. The van der Waals surface area contributed by atoms with Gasteiger partial charge in [-0.3, -0.25) is 9.19 Å². The molecule has 0 spiro atoms. The second-order valence-electron chi connectivity index (χ2n) is 7.66. The Kier molecular flexibility index (Phi) is 6.72. The first-order valence-corrected chi connectivity index (χ1v) is 11.7. The lowest BCUT2D eigenvalue weighted by Gasteiger charge is -2.23. The van der Waals surface area contributed by atoms with E-state index >= 15 is 0 Å². The maximum absolute atomic E-state index is 13.1. The fraction of sp³-hybridized carbons (Fsp3) is 0.208. The molecule has 1 aliphatic rings. The van der Waals surface area contributed by atoms with Crippen molar-refractivity contribution in [1.29, 1.82) is 0 Å². The van der Waals surface area contributed by atoms with Gasteiger partial charge in [0.1, 0.15) is 6.61 Å². The molecule has 0 aliphatic carbocycles. The first kappa shape index (κ1) is 23.9. The van der Waals surface area contributed by atoms with Gasteiger partial charge in [0.05, 0.1) is 22.3 Å². The van der Waals surface area contributed by atoms with E-state index in [2.05, 4.69) is 4.18 Å². The Morgan fingerprint density at radius 3 is 2.12 bits per heavy atom. The fourth-order valence-corrected chi connectivity index (χ4v) is 4.46. The zero-order valence-corrected chi connectivity index (χ0v) is 18.5. The van der Waals surface area contributed by atoms with Crippen molar-refractivity contribution in [2.75, 3.05) is 11.6 Å². The van der Waals surface area contributed by atoms with Gasteiger partial charge in [0.25, 0.3) is 10.1 Å². The largest absolute Gasteiger partial charge is 0.331 e. The highest BCUT2D eigenvalue weighted by atomic mass is 32.2. The van der Waals surface area contributed by atoms with Gasteiger partial charge in [-0.05, 0) is 35.4 Å². The molecular formula is C24H20F4N2O3S. The Hall–Kier alpha value is -3.24. The normalized spacial score (nSPS) is 16.7. The van der Waals surface area contributed by atoms with Crippen molar-refractivity contribution >= 4 is 21.5 Å². The number of rotatable bonds is 8. The molecule has 0 aromatic heterocycles. The highest BCUT2D eigenvalue weighted by molar-refractivity contribution is 7.86. The highest BCUT2D eigenvalue weighted by Crippen LogP contribution is 2.36. The van der Waals surface area contributed by atoms with Crippen molar-refractivity contribution in [2.45, 2.75) is 29.7 Å². The molecule has 0 N–H and O–H groups in total. The van der Waals surface area contributed by atoms with Crippen LogP contribution < -0.4 is 5.01 Å². The topological polar surface area (TPSA) is 59.0 Å². The number of hydrogen-bond donors (Lipinski definition) is 0. The number of anilines is 1. The molecule has 3 aromatic carbocycles. The van der Waals surface area contributed by atoms with E-state index in [0.717, 1.165) is 11.3 Å². The van der Waals surface area contributed by atoms with Crippen LogP contribution in [0.4, 0.5) is 23.2 Å². The second-order valence-corrected chi connectivity index (χ2v) is 9.28. The maximum Gasteiger partial charge on any atom is 0.331 e. The Labute approximate surface area is 194 Å². The Bertz CT molecular complexity index is 1250. The molecule has 0 amide bonds. The van der Waals surface area contributed by atoms with Crippen molar-refractivity contribution in [3.63, 3.8) is 0 Å². The summed E-state index contributed by atoms with van der Waals surface area (Å²) in [7, 11) is -4.64. The maximum atomic E-state index is 13.1. The van der Waals surface area contributed by atoms with E-state index in [-0.39, 0.29) is 6.04 Å². The lowest BCUT2D eigenvalue weighted by atomic mass is 9.98. The summed E-state index contributed by atoms with van der Waals surface area (Å²) >= 11 is 0. The number of para-hydroxylation sites is 1. The summed E-state index contributed by atoms with van der Waals surface area (Å²) in [6, 6.07) is 24.6. The molecule has 0 radical (unpaired) electrons. The van der Waals surface area contributed by atoms with Crippen LogP contribution in [0.5, 0.6) is 0 Å². The van der Waals surface area contributed by atoms with Crippen LogP contribution in [0.1, 0.15) is 23.6 Å². The van der Waals surface area contributed by atoms with Crippen LogP contribution in [-0.4, -0.2) is 33.1 Å². The lowest BCUT2D eigenvalue weighted by Crippen LogP contribution is -2.33. The van der Waals surface area contributed by atoms with Gasteiger partial charge in [-0.1, -0.05) is 60.7 Å². The van der Waals surface area contributed by atoms with Crippen LogP contribution in [0.15, 0.2) is 94.9 Å². The quantitative estimate of drug-likeness (QED) is 0.301. The molecule has 0 saturated carbocycles. The first-order chi connectivity index (χ1) is 16.2. The van der Waals surface area contributed by atoms with Gasteiger partial charge in [-0.25, -0.2) is 8.78 Å². The van der Waals surface area contributed by atoms with Crippen molar-refractivity contribution in [2.24, 2.45) is 5.10 Å². The zero-order valence-electron chi connectivity index (χ0n) is 17.7. The summed E-state index contributed by atoms with van der Waals surface area (Å²) in [5.74, 6) is -4.57. The van der Waals surface area contributed by atoms with Crippen LogP contribution in [0.3, 0.4) is 0 Å². The third-order valence-corrected chi connectivity index (χ3v) is 6.60. The minimum atomic E-state index is -4.64. The molecule has 178 valence electrons. The summed E-state index contributed by atoms with van der Waals surface area (Å²) in [5.41, 5.74) is 3.28. The second kappa shape index (κ2) is 9.55. The van der Waals surface area contributed by atoms with E-state index in [0.29, 0.717) is 17.7 Å². The SMILES string of the molecule is O=S(=O)(OCC(F)(F)C(F)F)c1ccc(C2=NN(c3ccccc3)C(c3ccccc3)C2)cc1. The van der Waals surface area contributed by atoms with Gasteiger partial charge in [0, 0.05) is 6.42 Å². The lowest BCUT2D eigenvalue weighted by molar-refractivity contribution is -0.147. The monoisotopic (exact) mass is 492 g/mol. The molecule has 1 atom stereocenters. The first-order valence-electron chi connectivity index (χ1n) is 10.3. The summed E-state index contributed by atoms with van der Waals surface area (Å²) in [6.45, 7) is -1.94. The summed E-state index contributed by atoms with van der Waals surface area (Å²) in [6.07, 6.45) is -3.49. The number of halogens is 4. The fourth-order valence-electron chi connectivity index (χ4n) is 3.54. The van der Waals surface area contributed by atoms with Crippen LogP contribution in [0.25, 0.3) is 0 Å². The van der Waals surface area contributed by atoms with E-state index in [1.807, 2.05) is 65.7 Å². The van der Waals surface area contributed by atoms with E-state index in [1.54, 1.807) is 0 Å². The molecule has 34 heavy (non-hydrogen) atoms. The van der Waals surface area contributed by atoms with Gasteiger partial charge in [-0.15, -0.1) is 0 Å². The van der Waals surface area contributed by atoms with Crippen LogP contribution in [-0.2, 0) is 14.3 Å². The molecule has 1 heterocycles. The van der Waals surface area contributed by atoms with Gasteiger partial charge >= 0.3 is 12.3 Å². The molecule has 1 aliphatic heterocycles. The summed E-state index contributed by atoms with van der Waals surface area (Å²) in [5, 5.41) is 6.65. The molecule has 4 rings (SSSR count). The van der Waals surface area contributed by atoms with Crippen molar-refractivity contribution in [3.05, 3.63) is 96.1 Å². The number of benzene rings is 3. The Morgan fingerprint density at radius 2 is 1.53 bits per heavy atom. The molecule has 3 aromatic rings. The number of alkyl halides is 4. The Balaban J connectivity index is 1.57. The molecule has 0 saturated heterocycles. The van der Waals surface area contributed by atoms with E-state index < -0.39 is 34.0 Å². The minimum absolute atomic E-state index is 0.0816. The van der Waals surface area contributed by atoms with Crippen LogP contribution >= 0.6 is 0 Å². The molecule has 5 nitrogen and oxygen atoms in total. The standard InChI is InChI=1S/C24H20F4N2O3S/c25-23(26)24(27,28)16-33-34(31,32)20-13-11-17(12-14-20)21-15-22(18-7-3-1-4-8-18)30(29-21)19-9-5-2-6-10-19/h1-14,22-23H,15-16H2. The van der Waals surface area contributed by atoms with Crippen LogP contribution in [0, 0.1) is 0 Å². The van der Waals surface area contributed by atoms with Crippen molar-refractivity contribution < 1.29 is 30.2 Å². The van der Waals surface area contributed by atoms with Gasteiger partial charge < -0.3 is 0 Å². The molecular weight excluding hydrogens is 472 g/mol. The average molecular weight is 492 g/mol. The molecule has 0 fully saturated rings. The number of hydrogen-bond acceptors (Lipinski definition) is 5. The number of hydrazone groups is 1. The third-order valence-electron chi connectivity index (χ3n) is 5.32. The molecule has 0 bridgehead atoms. The van der Waals surface area contributed by atoms with Crippen LogP contribution in [0.2, 0.25) is 0 Å². The highest BCUT2D eigenvalue weighted by Gasteiger charge is 2.42. The minimum Gasteiger partial charge on any atom is -0.260 e. The predicted octanol–water partition coefficient (Wildman–Crippen LogP) is 5.65. The smallest absolute Gasteiger partial charge is 0.260 e. The molecule has 1 unspecified atom stereocenters. The third kappa shape index (κ3) is 5.13. The average Bonchev–Trinajstić information content (AvgIpc) is 3.30. The van der Waals surface area contributed by atoms with Gasteiger partial charge in [-0.2, -0.15) is 22.3 Å². The Morgan fingerprint density at radius 1 is 0.941 bits per heavy atom. The van der Waals surface area contributed by atoms with Gasteiger partial charge in [0.2, 0.25) is 0 Å². The van der Waals surface area contributed by atoms with E-state index in [9.17, 15) is 26.0 Å².